The van der Waals surface area contributed by atoms with Crippen LogP contribution in [0.2, 0.25) is 0 Å². The molecule has 0 aromatic heterocycles. The standard InChI is InChI=1S/2C10H9.2C6H5FO.Zr/c2*1-8-6-7-9-4-2-3-5-10(8)9;2*7-5-1-3-6(8)4-2-5;/h2*2-5,7-8H,1H3;2*1-4,8H;/q;;;;+2/p-2. The van der Waals surface area contributed by atoms with Gasteiger partial charge in [0.25, 0.3) is 0 Å². The number of halogens is 2. The molecule has 0 heterocycles. The molecule has 2 aliphatic rings. The molecule has 0 amide bonds. The van der Waals surface area contributed by atoms with Gasteiger partial charge in [-0.05, 0) is 0 Å². The Morgan fingerprint density at radius 1 is 0.541 bits per heavy atom. The van der Waals surface area contributed by atoms with Crippen LogP contribution in [0.1, 0.15) is 47.9 Å². The zero-order valence-electron chi connectivity index (χ0n) is 20.6. The van der Waals surface area contributed by atoms with Crippen molar-refractivity contribution < 1.29 is 35.6 Å². The third kappa shape index (κ3) is 4.30. The van der Waals surface area contributed by atoms with Gasteiger partial charge >= 0.3 is 222 Å². The zero-order chi connectivity index (χ0) is 25.6. The summed E-state index contributed by atoms with van der Waals surface area (Å²) in [6.07, 6.45) is 4.44. The zero-order valence-corrected chi connectivity index (χ0v) is 23.1. The molecule has 0 fully saturated rings. The summed E-state index contributed by atoms with van der Waals surface area (Å²) in [5.41, 5.74) is 4.76. The molecule has 0 radical (unpaired) electrons. The fraction of sp³-hybridized carbons (Fsp3) is 0.125. The van der Waals surface area contributed by atoms with Crippen molar-refractivity contribution in [3.05, 3.63) is 138 Å². The predicted molar refractivity (Wildman–Crippen MR) is 140 cm³/mol. The SMILES string of the molecule is CC1[C]([Zr]([O]c2ccc(F)cc2)([O]c2ccc(F)cc2)[C]2=Cc3ccccc3C2C)=Cc2ccccc21. The van der Waals surface area contributed by atoms with Crippen LogP contribution in [0.3, 0.4) is 0 Å². The van der Waals surface area contributed by atoms with Crippen LogP contribution in [0.25, 0.3) is 12.2 Å². The molecule has 4 aromatic rings. The van der Waals surface area contributed by atoms with E-state index in [1.165, 1.54) is 35.4 Å². The van der Waals surface area contributed by atoms with Crippen LogP contribution in [0.15, 0.2) is 104 Å². The molecular formula is C32H26F2O2Zr. The van der Waals surface area contributed by atoms with Crippen molar-refractivity contribution in [3.8, 4) is 11.5 Å². The van der Waals surface area contributed by atoms with Crippen molar-refractivity contribution in [1.29, 1.82) is 0 Å². The van der Waals surface area contributed by atoms with Crippen LogP contribution >= 0.6 is 0 Å². The molecule has 0 saturated carbocycles. The summed E-state index contributed by atoms with van der Waals surface area (Å²) in [6, 6.07) is 29.0. The Kier molecular flexibility index (Phi) is 6.20. The van der Waals surface area contributed by atoms with Crippen LogP contribution < -0.4 is 5.63 Å². The van der Waals surface area contributed by atoms with Gasteiger partial charge < -0.3 is 0 Å². The number of fused-ring (bicyclic) bond motifs is 2. The molecule has 0 bridgehead atoms. The number of hydrogen-bond donors (Lipinski definition) is 0. The third-order valence-electron chi connectivity index (χ3n) is 7.39. The number of hydrogen-bond acceptors (Lipinski definition) is 2. The summed E-state index contributed by atoms with van der Waals surface area (Å²) in [5.74, 6) is 0.623. The predicted octanol–water partition coefficient (Wildman–Crippen LogP) is 8.72. The molecule has 0 saturated heterocycles. The van der Waals surface area contributed by atoms with Gasteiger partial charge in [-0.2, -0.15) is 0 Å². The first-order valence-electron chi connectivity index (χ1n) is 12.5. The summed E-state index contributed by atoms with van der Waals surface area (Å²) >= 11 is -4.58. The summed E-state index contributed by atoms with van der Waals surface area (Å²) < 4.78 is 44.1. The molecule has 2 atom stereocenters. The van der Waals surface area contributed by atoms with E-state index in [0.29, 0.717) is 11.5 Å². The molecule has 37 heavy (non-hydrogen) atoms. The van der Waals surface area contributed by atoms with Crippen LogP contribution in [0.4, 0.5) is 8.78 Å². The molecule has 6 rings (SSSR count). The number of allylic oxidation sites excluding steroid dienone is 2. The van der Waals surface area contributed by atoms with Crippen molar-refractivity contribution in [1.82, 2.24) is 0 Å². The van der Waals surface area contributed by atoms with E-state index in [1.807, 2.05) is 12.1 Å². The summed E-state index contributed by atoms with van der Waals surface area (Å²) in [7, 11) is 0. The second-order valence-corrected chi connectivity index (χ2v) is 16.5. The van der Waals surface area contributed by atoms with Gasteiger partial charge in [-0.1, -0.05) is 0 Å². The van der Waals surface area contributed by atoms with Crippen molar-refractivity contribution in [2.75, 3.05) is 0 Å². The minimum atomic E-state index is -4.58. The van der Waals surface area contributed by atoms with Gasteiger partial charge in [0.15, 0.2) is 0 Å². The van der Waals surface area contributed by atoms with Crippen LogP contribution in [0.5, 0.6) is 11.5 Å². The van der Waals surface area contributed by atoms with E-state index < -0.39 is 21.1 Å². The van der Waals surface area contributed by atoms with Gasteiger partial charge in [0.05, 0.1) is 0 Å². The monoisotopic (exact) mass is 570 g/mol. The molecule has 2 nitrogen and oxygen atoms in total. The van der Waals surface area contributed by atoms with Crippen LogP contribution in [-0.4, -0.2) is 0 Å². The molecule has 184 valence electrons. The van der Waals surface area contributed by atoms with E-state index >= 15 is 0 Å². The van der Waals surface area contributed by atoms with Gasteiger partial charge in [-0.15, -0.1) is 0 Å². The molecule has 0 spiro atoms. The second-order valence-electron chi connectivity index (χ2n) is 9.63. The summed E-state index contributed by atoms with van der Waals surface area (Å²) in [5, 5.41) is 0. The fourth-order valence-electron chi connectivity index (χ4n) is 5.51. The van der Waals surface area contributed by atoms with Gasteiger partial charge in [-0.3, -0.25) is 0 Å². The first kappa shape index (κ1) is 24.1. The van der Waals surface area contributed by atoms with Crippen molar-refractivity contribution in [3.63, 3.8) is 0 Å². The van der Waals surface area contributed by atoms with Gasteiger partial charge in [0.2, 0.25) is 0 Å². The van der Waals surface area contributed by atoms with Gasteiger partial charge in [0, 0.05) is 0 Å². The Labute approximate surface area is 221 Å². The van der Waals surface area contributed by atoms with Crippen LogP contribution in [-0.2, 0) is 21.1 Å². The molecular weight excluding hydrogens is 546 g/mol. The Balaban J connectivity index is 1.58. The molecule has 0 aliphatic heterocycles. The maximum atomic E-state index is 13.9. The van der Waals surface area contributed by atoms with Crippen molar-refractivity contribution in [2.45, 2.75) is 25.7 Å². The average Bonchev–Trinajstić information content (AvgIpc) is 3.44. The van der Waals surface area contributed by atoms with E-state index in [1.54, 1.807) is 24.3 Å². The second kappa shape index (κ2) is 9.54. The van der Waals surface area contributed by atoms with E-state index in [2.05, 4.69) is 62.4 Å². The molecule has 5 heteroatoms. The number of benzene rings is 4. The molecule has 2 aliphatic carbocycles. The minimum absolute atomic E-state index is 0.0738. The Morgan fingerprint density at radius 3 is 1.30 bits per heavy atom. The average molecular weight is 572 g/mol. The normalized spacial score (nSPS) is 18.1. The van der Waals surface area contributed by atoms with E-state index in [9.17, 15) is 8.78 Å². The van der Waals surface area contributed by atoms with Crippen molar-refractivity contribution >= 4 is 12.2 Å². The van der Waals surface area contributed by atoms with Gasteiger partial charge in [0.1, 0.15) is 0 Å². The molecule has 2 unspecified atom stereocenters. The van der Waals surface area contributed by atoms with E-state index in [-0.39, 0.29) is 23.5 Å². The quantitative estimate of drug-likeness (QED) is 0.230. The Morgan fingerprint density at radius 2 is 0.919 bits per heavy atom. The van der Waals surface area contributed by atoms with Gasteiger partial charge in [-0.25, -0.2) is 0 Å². The van der Waals surface area contributed by atoms with Crippen molar-refractivity contribution in [2.24, 2.45) is 0 Å². The summed E-state index contributed by atoms with van der Waals surface area (Å²) in [4.78, 5) is 0. The fourth-order valence-corrected chi connectivity index (χ4v) is 15.2. The van der Waals surface area contributed by atoms with Crippen LogP contribution in [0, 0.1) is 11.6 Å². The number of rotatable bonds is 6. The van der Waals surface area contributed by atoms with E-state index in [0.717, 1.165) is 17.7 Å². The first-order valence-corrected chi connectivity index (χ1v) is 16.9. The molecule has 0 N–H and O–H groups in total. The summed E-state index contributed by atoms with van der Waals surface area (Å²) in [6.45, 7) is 4.39. The third-order valence-corrected chi connectivity index (χ3v) is 16.5. The maximum absolute atomic E-state index is 13.9. The van der Waals surface area contributed by atoms with E-state index in [4.69, 9.17) is 5.63 Å². The Bertz CT molecular complexity index is 1410. The first-order chi connectivity index (χ1) is 17.9. The topological polar surface area (TPSA) is 18.5 Å². The Hall–Kier alpha value is -3.30. The molecule has 4 aromatic carbocycles.